The molecule has 0 amide bonds. The maximum absolute atomic E-state index is 12.0. The number of hydrogen-bond acceptors (Lipinski definition) is 6. The summed E-state index contributed by atoms with van der Waals surface area (Å²) in [6.45, 7) is 0. The van der Waals surface area contributed by atoms with Gasteiger partial charge in [0.25, 0.3) is 0 Å². The minimum atomic E-state index is -1.29. The van der Waals surface area contributed by atoms with Gasteiger partial charge in [0.1, 0.15) is 34.5 Å². The van der Waals surface area contributed by atoms with Gasteiger partial charge in [0.15, 0.2) is 9.79 Å². The monoisotopic (exact) mass is 436 g/mol. The number of hydrogen-bond donors (Lipinski definition) is 4. The summed E-state index contributed by atoms with van der Waals surface area (Å²) in [7, 11) is 0. The summed E-state index contributed by atoms with van der Waals surface area (Å²) >= 11 is -1.29. The highest BCUT2D eigenvalue weighted by atomic mass is 32.2. The molecule has 0 saturated carbocycles. The van der Waals surface area contributed by atoms with Crippen molar-refractivity contribution in [1.82, 2.24) is 0 Å². The van der Waals surface area contributed by atoms with Crippen LogP contribution < -0.4 is 4.74 Å². The first-order chi connectivity index (χ1) is 14.9. The third kappa shape index (κ3) is 6.60. The zero-order chi connectivity index (χ0) is 22.2. The Morgan fingerprint density at radius 1 is 0.452 bits per heavy atom. The Morgan fingerprint density at radius 3 is 1.00 bits per heavy atom. The van der Waals surface area contributed by atoms with Crippen molar-refractivity contribution >= 4 is 11.2 Å². The number of ether oxygens (including phenoxy) is 1. The molecule has 4 aromatic rings. The molecule has 0 atom stereocenters. The van der Waals surface area contributed by atoms with E-state index in [1.54, 1.807) is 72.8 Å². The van der Waals surface area contributed by atoms with Gasteiger partial charge in [0.05, 0.1) is 0 Å². The minimum absolute atomic E-state index is 0.145. The summed E-state index contributed by atoms with van der Waals surface area (Å²) in [6, 6.07) is 25.3. The van der Waals surface area contributed by atoms with Crippen LogP contribution >= 0.6 is 0 Å². The van der Waals surface area contributed by atoms with E-state index >= 15 is 0 Å². The molecule has 0 aliphatic carbocycles. The fraction of sp³-hybridized carbons (Fsp3) is 0. The van der Waals surface area contributed by atoms with Crippen LogP contribution in [0.25, 0.3) is 0 Å². The fourth-order valence-electron chi connectivity index (χ4n) is 2.44. The average molecular weight is 436 g/mol. The number of phenolic OH excluding ortho intramolecular Hbond substituents is 4. The van der Waals surface area contributed by atoms with E-state index in [0.717, 1.165) is 0 Å². The minimum Gasteiger partial charge on any atom is -0.606 e. The lowest BCUT2D eigenvalue weighted by molar-refractivity contribution is 0.459. The van der Waals surface area contributed by atoms with Crippen LogP contribution in [0.4, 0.5) is 0 Å². The van der Waals surface area contributed by atoms with Crippen LogP contribution in [0.2, 0.25) is 0 Å². The Morgan fingerprint density at radius 2 is 0.710 bits per heavy atom. The molecule has 7 heteroatoms. The normalized spacial score (nSPS) is 10.3. The van der Waals surface area contributed by atoms with Crippen LogP contribution in [0.3, 0.4) is 0 Å². The van der Waals surface area contributed by atoms with E-state index in [9.17, 15) is 4.55 Å². The molecular weight excluding hydrogens is 416 g/mol. The first-order valence-corrected chi connectivity index (χ1v) is 10.3. The van der Waals surface area contributed by atoms with E-state index in [2.05, 4.69) is 0 Å². The predicted molar refractivity (Wildman–Crippen MR) is 117 cm³/mol. The molecule has 31 heavy (non-hydrogen) atoms. The first-order valence-electron chi connectivity index (χ1n) is 9.16. The average Bonchev–Trinajstić information content (AvgIpc) is 2.78. The number of benzene rings is 4. The van der Waals surface area contributed by atoms with Crippen LogP contribution in [-0.2, 0) is 11.2 Å². The number of rotatable bonds is 4. The van der Waals surface area contributed by atoms with Gasteiger partial charge in [-0.15, -0.1) is 0 Å². The van der Waals surface area contributed by atoms with Crippen molar-refractivity contribution < 1.29 is 29.7 Å². The van der Waals surface area contributed by atoms with Crippen molar-refractivity contribution in [3.8, 4) is 34.5 Å². The molecule has 0 unspecified atom stereocenters. The summed E-state index contributed by atoms with van der Waals surface area (Å²) in [5.74, 6) is 1.97. The molecule has 0 bridgehead atoms. The fourth-order valence-corrected chi connectivity index (χ4v) is 3.48. The second-order valence-electron chi connectivity index (χ2n) is 6.35. The lowest BCUT2D eigenvalue weighted by Gasteiger charge is -2.09. The summed E-state index contributed by atoms with van der Waals surface area (Å²) in [6.07, 6.45) is 0. The van der Waals surface area contributed by atoms with Gasteiger partial charge in [-0.05, 0) is 97.1 Å². The topological polar surface area (TPSA) is 113 Å². The Balaban J connectivity index is 0.000000176. The van der Waals surface area contributed by atoms with Crippen molar-refractivity contribution in [2.24, 2.45) is 0 Å². The molecule has 4 rings (SSSR count). The van der Waals surface area contributed by atoms with Gasteiger partial charge in [0.2, 0.25) is 0 Å². The number of phenols is 4. The maximum Gasteiger partial charge on any atom is 0.158 e. The Kier molecular flexibility index (Phi) is 7.26. The summed E-state index contributed by atoms with van der Waals surface area (Å²) in [4.78, 5) is 1.23. The molecule has 0 radical (unpaired) electrons. The lowest BCUT2D eigenvalue weighted by Crippen LogP contribution is -2.01. The van der Waals surface area contributed by atoms with E-state index in [1.807, 2.05) is 0 Å². The lowest BCUT2D eigenvalue weighted by atomic mass is 10.3. The standard InChI is InChI=1S/C12H10O3S.C12H10O3/c13-9-1-5-11(6-2-9)16(15)12-7-3-10(14)4-8-12;13-9-1-5-11(6-2-9)15-12-7-3-10(14)4-8-12/h1-8,13-14H;1-8,13-14H. The van der Waals surface area contributed by atoms with E-state index in [4.69, 9.17) is 25.2 Å². The molecule has 0 aliphatic heterocycles. The summed E-state index contributed by atoms with van der Waals surface area (Å²) in [5.41, 5.74) is 0. The van der Waals surface area contributed by atoms with Crippen molar-refractivity contribution in [3.63, 3.8) is 0 Å². The molecule has 4 N–H and O–H groups in total. The number of aromatic hydroxyl groups is 4. The highest BCUT2D eigenvalue weighted by molar-refractivity contribution is 7.91. The maximum atomic E-state index is 12.0. The second-order valence-corrected chi connectivity index (χ2v) is 7.83. The van der Waals surface area contributed by atoms with E-state index in [0.29, 0.717) is 21.3 Å². The quantitative estimate of drug-likeness (QED) is 0.329. The van der Waals surface area contributed by atoms with Crippen molar-refractivity contribution in [1.29, 1.82) is 0 Å². The molecule has 158 valence electrons. The van der Waals surface area contributed by atoms with Gasteiger partial charge in [-0.25, -0.2) is 0 Å². The molecular formula is C24H20O6S. The van der Waals surface area contributed by atoms with Gasteiger partial charge < -0.3 is 29.7 Å². The Hall–Kier alpha value is -3.81. The summed E-state index contributed by atoms with van der Waals surface area (Å²) in [5, 5.41) is 36.4. The molecule has 0 spiro atoms. The Bertz CT molecular complexity index is 990. The van der Waals surface area contributed by atoms with Gasteiger partial charge in [-0.1, -0.05) is 0 Å². The first kappa shape index (κ1) is 21.9. The molecule has 0 aromatic heterocycles. The molecule has 4 aromatic carbocycles. The molecule has 0 saturated heterocycles. The van der Waals surface area contributed by atoms with Gasteiger partial charge >= 0.3 is 0 Å². The highest BCUT2D eigenvalue weighted by Crippen LogP contribution is 2.25. The van der Waals surface area contributed by atoms with E-state index < -0.39 is 11.2 Å². The van der Waals surface area contributed by atoms with Crippen molar-refractivity contribution in [2.45, 2.75) is 9.79 Å². The third-order valence-electron chi connectivity index (χ3n) is 4.01. The smallest absolute Gasteiger partial charge is 0.158 e. The third-order valence-corrected chi connectivity index (χ3v) is 5.41. The van der Waals surface area contributed by atoms with Crippen LogP contribution in [0.5, 0.6) is 34.5 Å². The van der Waals surface area contributed by atoms with E-state index in [1.165, 1.54) is 24.3 Å². The summed E-state index contributed by atoms with van der Waals surface area (Å²) < 4.78 is 17.5. The predicted octanol–water partition coefficient (Wildman–Crippen LogP) is 5.15. The zero-order valence-electron chi connectivity index (χ0n) is 16.3. The molecule has 6 nitrogen and oxygen atoms in total. The van der Waals surface area contributed by atoms with Gasteiger partial charge in [0, 0.05) is 11.2 Å². The zero-order valence-corrected chi connectivity index (χ0v) is 17.1. The molecule has 0 aliphatic rings. The molecule has 0 fully saturated rings. The van der Waals surface area contributed by atoms with Gasteiger partial charge in [-0.2, -0.15) is 0 Å². The molecule has 0 heterocycles. The largest absolute Gasteiger partial charge is 0.606 e. The van der Waals surface area contributed by atoms with Crippen LogP contribution in [0.1, 0.15) is 0 Å². The van der Waals surface area contributed by atoms with Gasteiger partial charge in [-0.3, -0.25) is 0 Å². The second kappa shape index (κ2) is 10.3. The van der Waals surface area contributed by atoms with Crippen LogP contribution in [0, 0.1) is 0 Å². The Labute approximate surface area is 182 Å². The van der Waals surface area contributed by atoms with Crippen molar-refractivity contribution in [3.05, 3.63) is 97.1 Å². The van der Waals surface area contributed by atoms with Crippen molar-refractivity contribution in [2.75, 3.05) is 0 Å². The SMILES string of the molecule is Oc1ccc(Oc2ccc(O)cc2)cc1.[O-][S+](c1ccc(O)cc1)c1ccc(O)cc1. The van der Waals surface area contributed by atoms with E-state index in [-0.39, 0.29) is 23.0 Å². The van der Waals surface area contributed by atoms with Crippen LogP contribution in [-0.4, -0.2) is 25.0 Å². The van der Waals surface area contributed by atoms with Crippen LogP contribution in [0.15, 0.2) is 107 Å². The highest BCUT2D eigenvalue weighted by Gasteiger charge is 2.14.